The molecule has 1 aromatic rings. The molecule has 4 heteroatoms. The first kappa shape index (κ1) is 15.0. The van der Waals surface area contributed by atoms with Crippen LogP contribution in [0.2, 0.25) is 0 Å². The monoisotopic (exact) mass is 276 g/mol. The average Bonchev–Trinajstić information content (AvgIpc) is 2.98. The molecule has 1 saturated carbocycles. The summed E-state index contributed by atoms with van der Waals surface area (Å²) < 4.78 is 0. The van der Waals surface area contributed by atoms with E-state index in [9.17, 15) is 9.90 Å². The van der Waals surface area contributed by atoms with E-state index in [1.807, 2.05) is 30.3 Å². The molecule has 0 aromatic heterocycles. The van der Waals surface area contributed by atoms with Gasteiger partial charge in [-0.2, -0.15) is 0 Å². The summed E-state index contributed by atoms with van der Waals surface area (Å²) in [5.74, 6) is 0.219. The van der Waals surface area contributed by atoms with Crippen molar-refractivity contribution < 1.29 is 9.90 Å². The largest absolute Gasteiger partial charge is 0.382 e. The van der Waals surface area contributed by atoms with Gasteiger partial charge in [-0.1, -0.05) is 43.2 Å². The van der Waals surface area contributed by atoms with Crippen LogP contribution < -0.4 is 11.1 Å². The Morgan fingerprint density at radius 1 is 1.30 bits per heavy atom. The van der Waals surface area contributed by atoms with Crippen molar-refractivity contribution in [3.63, 3.8) is 0 Å². The van der Waals surface area contributed by atoms with Gasteiger partial charge in [0.15, 0.2) is 0 Å². The first-order valence-electron chi connectivity index (χ1n) is 7.42. The maximum atomic E-state index is 11.9. The summed E-state index contributed by atoms with van der Waals surface area (Å²) >= 11 is 0. The minimum absolute atomic E-state index is 0.347. The number of carbonyl (C=O) groups excluding carboxylic acids is 1. The number of aliphatic hydroxyl groups excluding tert-OH is 1. The van der Waals surface area contributed by atoms with Crippen LogP contribution in [0, 0.1) is 5.92 Å². The number of rotatable bonds is 6. The van der Waals surface area contributed by atoms with Crippen molar-refractivity contribution in [3.05, 3.63) is 35.9 Å². The Kier molecular flexibility index (Phi) is 5.56. The van der Waals surface area contributed by atoms with Crippen LogP contribution in [0.5, 0.6) is 0 Å². The number of benzene rings is 1. The van der Waals surface area contributed by atoms with Crippen molar-refractivity contribution >= 4 is 5.91 Å². The van der Waals surface area contributed by atoms with Crippen molar-refractivity contribution in [2.45, 2.75) is 44.2 Å². The molecule has 1 aromatic carbocycles. The van der Waals surface area contributed by atoms with E-state index >= 15 is 0 Å². The molecule has 0 heterocycles. The zero-order valence-corrected chi connectivity index (χ0v) is 11.8. The molecule has 1 amide bonds. The van der Waals surface area contributed by atoms with Gasteiger partial charge in [0.1, 0.15) is 6.10 Å². The van der Waals surface area contributed by atoms with E-state index in [1.165, 1.54) is 25.7 Å². The normalized spacial score (nSPS) is 18.7. The van der Waals surface area contributed by atoms with E-state index in [0.29, 0.717) is 18.9 Å². The number of amides is 1. The maximum Gasteiger partial charge on any atom is 0.250 e. The molecule has 0 spiro atoms. The fourth-order valence-corrected chi connectivity index (χ4v) is 2.76. The SMILES string of the molecule is N[C@@H](Cc1ccccc1)C(O)C(=O)NCC1CCCC1. The molecule has 1 aliphatic rings. The Hall–Kier alpha value is -1.39. The summed E-state index contributed by atoms with van der Waals surface area (Å²) in [5, 5.41) is 12.8. The van der Waals surface area contributed by atoms with Crippen molar-refractivity contribution in [2.24, 2.45) is 11.7 Å². The molecule has 1 fully saturated rings. The van der Waals surface area contributed by atoms with E-state index in [0.717, 1.165) is 5.56 Å². The minimum Gasteiger partial charge on any atom is -0.382 e. The molecule has 0 radical (unpaired) electrons. The average molecular weight is 276 g/mol. The van der Waals surface area contributed by atoms with Gasteiger partial charge in [-0.15, -0.1) is 0 Å². The Labute approximate surface area is 120 Å². The van der Waals surface area contributed by atoms with E-state index < -0.39 is 12.1 Å². The van der Waals surface area contributed by atoms with Crippen LogP contribution in [0.1, 0.15) is 31.2 Å². The molecular formula is C16H24N2O2. The minimum atomic E-state index is -1.14. The third kappa shape index (κ3) is 4.32. The number of nitrogens with one attached hydrogen (secondary N) is 1. The predicted molar refractivity (Wildman–Crippen MR) is 79.1 cm³/mol. The Morgan fingerprint density at radius 3 is 2.60 bits per heavy atom. The highest BCUT2D eigenvalue weighted by Crippen LogP contribution is 2.23. The standard InChI is InChI=1S/C16H24N2O2/c17-14(10-12-6-2-1-3-7-12)15(19)16(20)18-11-13-8-4-5-9-13/h1-3,6-7,13-15,19H,4-5,8-11,17H2,(H,18,20)/t14-,15?/m0/s1. The van der Waals surface area contributed by atoms with Gasteiger partial charge in [-0.05, 0) is 30.7 Å². The highest BCUT2D eigenvalue weighted by molar-refractivity contribution is 5.81. The van der Waals surface area contributed by atoms with Crippen molar-refractivity contribution in [3.8, 4) is 0 Å². The van der Waals surface area contributed by atoms with Crippen LogP contribution >= 0.6 is 0 Å². The first-order valence-corrected chi connectivity index (χ1v) is 7.42. The number of hydrogen-bond donors (Lipinski definition) is 3. The summed E-state index contributed by atoms with van der Waals surface area (Å²) in [6.45, 7) is 0.661. The third-order valence-electron chi connectivity index (χ3n) is 4.03. The summed E-state index contributed by atoms with van der Waals surface area (Å²) in [4.78, 5) is 11.9. The molecule has 1 unspecified atom stereocenters. The number of nitrogens with two attached hydrogens (primary N) is 1. The van der Waals surface area contributed by atoms with Crippen LogP contribution in [-0.2, 0) is 11.2 Å². The van der Waals surface area contributed by atoms with Crippen LogP contribution in [0.15, 0.2) is 30.3 Å². The van der Waals surface area contributed by atoms with Gasteiger partial charge in [-0.25, -0.2) is 0 Å². The lowest BCUT2D eigenvalue weighted by molar-refractivity contribution is -0.130. The molecule has 1 aliphatic carbocycles. The van der Waals surface area contributed by atoms with Crippen molar-refractivity contribution in [2.75, 3.05) is 6.54 Å². The molecule has 0 saturated heterocycles. The second-order valence-electron chi connectivity index (χ2n) is 5.69. The van der Waals surface area contributed by atoms with E-state index in [-0.39, 0.29) is 5.91 Å². The molecule has 4 nitrogen and oxygen atoms in total. The highest BCUT2D eigenvalue weighted by atomic mass is 16.3. The fourth-order valence-electron chi connectivity index (χ4n) is 2.76. The second kappa shape index (κ2) is 7.41. The van der Waals surface area contributed by atoms with Crippen LogP contribution in [0.25, 0.3) is 0 Å². The lowest BCUT2D eigenvalue weighted by Crippen LogP contribution is -2.48. The highest BCUT2D eigenvalue weighted by Gasteiger charge is 2.24. The van der Waals surface area contributed by atoms with E-state index in [2.05, 4.69) is 5.32 Å². The Bertz CT molecular complexity index is 416. The van der Waals surface area contributed by atoms with Crippen LogP contribution in [-0.4, -0.2) is 29.7 Å². The zero-order valence-electron chi connectivity index (χ0n) is 11.8. The number of aliphatic hydroxyl groups is 1. The predicted octanol–water partition coefficient (Wildman–Crippen LogP) is 1.22. The van der Waals surface area contributed by atoms with Gasteiger partial charge in [0, 0.05) is 12.6 Å². The van der Waals surface area contributed by atoms with E-state index in [4.69, 9.17) is 5.73 Å². The van der Waals surface area contributed by atoms with Gasteiger partial charge in [0.2, 0.25) is 5.91 Å². The smallest absolute Gasteiger partial charge is 0.250 e. The van der Waals surface area contributed by atoms with Gasteiger partial charge in [0.25, 0.3) is 0 Å². The molecule has 4 N–H and O–H groups in total. The molecule has 2 rings (SSSR count). The van der Waals surface area contributed by atoms with Crippen LogP contribution in [0.4, 0.5) is 0 Å². The summed E-state index contributed by atoms with van der Waals surface area (Å²) in [5.41, 5.74) is 6.95. The van der Waals surface area contributed by atoms with Crippen molar-refractivity contribution in [1.82, 2.24) is 5.32 Å². The number of carbonyl (C=O) groups is 1. The van der Waals surface area contributed by atoms with Gasteiger partial charge >= 0.3 is 0 Å². The maximum absolute atomic E-state index is 11.9. The summed E-state index contributed by atoms with van der Waals surface area (Å²) in [7, 11) is 0. The van der Waals surface area contributed by atoms with Crippen LogP contribution in [0.3, 0.4) is 0 Å². The summed E-state index contributed by atoms with van der Waals surface area (Å²) in [6.07, 6.45) is 4.20. The van der Waals surface area contributed by atoms with Gasteiger partial charge in [0.05, 0.1) is 0 Å². The summed E-state index contributed by atoms with van der Waals surface area (Å²) in [6, 6.07) is 9.11. The van der Waals surface area contributed by atoms with Gasteiger partial charge < -0.3 is 16.2 Å². The quantitative estimate of drug-likeness (QED) is 0.731. The van der Waals surface area contributed by atoms with Crippen molar-refractivity contribution in [1.29, 1.82) is 0 Å². The molecule has 0 aliphatic heterocycles. The number of hydrogen-bond acceptors (Lipinski definition) is 3. The molecule has 0 bridgehead atoms. The molecular weight excluding hydrogens is 252 g/mol. The lowest BCUT2D eigenvalue weighted by Gasteiger charge is -2.19. The lowest BCUT2D eigenvalue weighted by atomic mass is 10.0. The fraction of sp³-hybridized carbons (Fsp3) is 0.562. The molecule has 110 valence electrons. The van der Waals surface area contributed by atoms with Gasteiger partial charge in [-0.3, -0.25) is 4.79 Å². The topological polar surface area (TPSA) is 75.3 Å². The first-order chi connectivity index (χ1) is 9.66. The third-order valence-corrected chi connectivity index (χ3v) is 4.03. The zero-order chi connectivity index (χ0) is 14.4. The Morgan fingerprint density at radius 2 is 1.95 bits per heavy atom. The Balaban J connectivity index is 1.76. The second-order valence-corrected chi connectivity index (χ2v) is 5.69. The molecule has 20 heavy (non-hydrogen) atoms. The van der Waals surface area contributed by atoms with E-state index in [1.54, 1.807) is 0 Å². The molecule has 2 atom stereocenters.